The highest BCUT2D eigenvalue weighted by atomic mass is 16.6. The van der Waals surface area contributed by atoms with E-state index in [9.17, 15) is 10.2 Å². The Morgan fingerprint density at radius 3 is 2.52 bits per heavy atom. The number of aliphatic hydroxyl groups excluding tert-OH is 3. The lowest BCUT2D eigenvalue weighted by atomic mass is 10.1. The van der Waals surface area contributed by atoms with Crippen LogP contribution in [-0.2, 0) is 9.47 Å². The van der Waals surface area contributed by atoms with Crippen molar-refractivity contribution in [1.82, 2.24) is 0 Å². The third-order valence-corrected chi connectivity index (χ3v) is 4.20. The Bertz CT molecular complexity index is 308. The molecule has 0 aromatic carbocycles. The van der Waals surface area contributed by atoms with Gasteiger partial charge in [-0.2, -0.15) is 0 Å². The summed E-state index contributed by atoms with van der Waals surface area (Å²) in [5, 5.41) is 28.4. The molecule has 3 N–H and O–H groups in total. The zero-order valence-corrected chi connectivity index (χ0v) is 14.4. The molecule has 0 spiro atoms. The lowest BCUT2D eigenvalue weighted by molar-refractivity contribution is -0.0935. The molecular weight excluding hydrogens is 296 g/mol. The average molecular weight is 330 g/mol. The Labute approximate surface area is 140 Å². The molecule has 0 bridgehead atoms. The van der Waals surface area contributed by atoms with E-state index in [1.165, 1.54) is 32.1 Å². The molecule has 0 aliphatic carbocycles. The minimum atomic E-state index is -1.01. The molecule has 5 nitrogen and oxygen atoms in total. The molecule has 0 saturated carbocycles. The molecule has 1 rings (SSSR count). The molecule has 5 heteroatoms. The van der Waals surface area contributed by atoms with Gasteiger partial charge in [-0.25, -0.2) is 0 Å². The van der Waals surface area contributed by atoms with E-state index in [1.807, 2.05) is 0 Å². The largest absolute Gasteiger partial charge is 0.394 e. The Balaban J connectivity index is 2.05. The van der Waals surface area contributed by atoms with Crippen LogP contribution in [0.2, 0.25) is 0 Å². The number of ether oxygens (including phenoxy) is 2. The van der Waals surface area contributed by atoms with Crippen molar-refractivity contribution in [3.8, 4) is 0 Å². The molecule has 0 unspecified atom stereocenters. The van der Waals surface area contributed by atoms with Crippen molar-refractivity contribution in [2.75, 3.05) is 19.8 Å². The number of allylic oxidation sites excluding steroid dienone is 2. The third kappa shape index (κ3) is 8.27. The highest BCUT2D eigenvalue weighted by Gasteiger charge is 2.40. The molecule has 23 heavy (non-hydrogen) atoms. The standard InChI is InChI=1S/C18H34O5/c1-2-3-4-5-6-7-8-9-10-11-12-22-18-16(21)14-23-17(18)15(20)13-19/h8-9,15-21H,2-7,10-14H2,1H3/b9-8+/t15-,16+,17+,18+/m1/s1. The van der Waals surface area contributed by atoms with E-state index < -0.39 is 31.0 Å². The number of rotatable bonds is 13. The van der Waals surface area contributed by atoms with Gasteiger partial charge >= 0.3 is 0 Å². The number of unbranched alkanes of at least 4 members (excludes halogenated alkanes) is 6. The van der Waals surface area contributed by atoms with Gasteiger partial charge in [0.25, 0.3) is 0 Å². The summed E-state index contributed by atoms with van der Waals surface area (Å²) < 4.78 is 10.9. The van der Waals surface area contributed by atoms with Crippen LogP contribution in [0.4, 0.5) is 0 Å². The average Bonchev–Trinajstić information content (AvgIpc) is 2.93. The first-order valence-corrected chi connectivity index (χ1v) is 9.05. The van der Waals surface area contributed by atoms with Gasteiger partial charge in [0.05, 0.1) is 13.2 Å². The SMILES string of the molecule is CCCCCCC/C=C/CCCO[C@@H]1[C@H]([C@H](O)CO)OC[C@@H]1O. The molecule has 0 aromatic rings. The molecule has 0 amide bonds. The van der Waals surface area contributed by atoms with Gasteiger partial charge in [-0.15, -0.1) is 0 Å². The molecule has 1 aliphatic heterocycles. The van der Waals surface area contributed by atoms with E-state index in [2.05, 4.69) is 19.1 Å². The van der Waals surface area contributed by atoms with Crippen LogP contribution < -0.4 is 0 Å². The molecule has 1 saturated heterocycles. The molecule has 1 fully saturated rings. The second-order valence-electron chi connectivity index (χ2n) is 6.27. The highest BCUT2D eigenvalue weighted by Crippen LogP contribution is 2.21. The lowest BCUT2D eigenvalue weighted by Gasteiger charge is -2.23. The third-order valence-electron chi connectivity index (χ3n) is 4.20. The summed E-state index contributed by atoms with van der Waals surface area (Å²) in [6, 6.07) is 0. The van der Waals surface area contributed by atoms with Gasteiger partial charge in [0.1, 0.15) is 24.4 Å². The fraction of sp³-hybridized carbons (Fsp3) is 0.889. The van der Waals surface area contributed by atoms with E-state index in [-0.39, 0.29) is 6.61 Å². The fourth-order valence-electron chi connectivity index (χ4n) is 2.78. The number of hydrogen-bond donors (Lipinski definition) is 3. The van der Waals surface area contributed by atoms with Gasteiger partial charge in [0.2, 0.25) is 0 Å². The quantitative estimate of drug-likeness (QED) is 0.356. The Morgan fingerprint density at radius 1 is 1.13 bits per heavy atom. The van der Waals surface area contributed by atoms with Crippen LogP contribution in [0.15, 0.2) is 12.2 Å². The van der Waals surface area contributed by atoms with Crippen molar-refractivity contribution in [3.05, 3.63) is 12.2 Å². The Morgan fingerprint density at radius 2 is 1.83 bits per heavy atom. The van der Waals surface area contributed by atoms with E-state index in [0.29, 0.717) is 6.61 Å². The van der Waals surface area contributed by atoms with Gasteiger partial charge < -0.3 is 24.8 Å². The summed E-state index contributed by atoms with van der Waals surface area (Å²) in [6.07, 6.45) is 11.0. The van der Waals surface area contributed by atoms with Crippen LogP contribution in [0.3, 0.4) is 0 Å². The summed E-state index contributed by atoms with van der Waals surface area (Å²) in [6.45, 7) is 2.49. The van der Waals surface area contributed by atoms with Crippen molar-refractivity contribution < 1.29 is 24.8 Å². The van der Waals surface area contributed by atoms with E-state index >= 15 is 0 Å². The maximum atomic E-state index is 9.81. The zero-order chi connectivity index (χ0) is 16.9. The predicted octanol–water partition coefficient (Wildman–Crippen LogP) is 2.18. The van der Waals surface area contributed by atoms with E-state index in [1.54, 1.807) is 0 Å². The van der Waals surface area contributed by atoms with Gasteiger partial charge in [-0.1, -0.05) is 44.8 Å². The summed E-state index contributed by atoms with van der Waals surface area (Å²) in [7, 11) is 0. The summed E-state index contributed by atoms with van der Waals surface area (Å²) in [5.74, 6) is 0. The fourth-order valence-corrected chi connectivity index (χ4v) is 2.78. The molecule has 0 aromatic heterocycles. The van der Waals surface area contributed by atoms with E-state index in [4.69, 9.17) is 14.6 Å². The smallest absolute Gasteiger partial charge is 0.114 e. The molecule has 1 heterocycles. The first-order valence-electron chi connectivity index (χ1n) is 9.05. The highest BCUT2D eigenvalue weighted by molar-refractivity contribution is 4.89. The first-order chi connectivity index (χ1) is 11.2. The van der Waals surface area contributed by atoms with Crippen molar-refractivity contribution in [1.29, 1.82) is 0 Å². The maximum Gasteiger partial charge on any atom is 0.114 e. The molecule has 1 aliphatic rings. The summed E-state index contributed by atoms with van der Waals surface area (Å²) in [4.78, 5) is 0. The molecule has 0 radical (unpaired) electrons. The van der Waals surface area contributed by atoms with Crippen molar-refractivity contribution in [3.63, 3.8) is 0 Å². The summed E-state index contributed by atoms with van der Waals surface area (Å²) in [5.41, 5.74) is 0. The van der Waals surface area contributed by atoms with Crippen molar-refractivity contribution in [2.24, 2.45) is 0 Å². The van der Waals surface area contributed by atoms with Crippen molar-refractivity contribution >= 4 is 0 Å². The van der Waals surface area contributed by atoms with Crippen LogP contribution in [0.5, 0.6) is 0 Å². The van der Waals surface area contributed by atoms with Crippen LogP contribution in [0.1, 0.15) is 58.3 Å². The Hall–Kier alpha value is -0.460. The molecular formula is C18H34O5. The predicted molar refractivity (Wildman–Crippen MR) is 90.3 cm³/mol. The van der Waals surface area contributed by atoms with E-state index in [0.717, 1.165) is 19.3 Å². The minimum absolute atomic E-state index is 0.143. The monoisotopic (exact) mass is 330 g/mol. The maximum absolute atomic E-state index is 9.81. The van der Waals surface area contributed by atoms with Gasteiger partial charge in [0.15, 0.2) is 0 Å². The Kier molecular flexibility index (Phi) is 11.5. The molecule has 136 valence electrons. The summed E-state index contributed by atoms with van der Waals surface area (Å²) >= 11 is 0. The second kappa shape index (κ2) is 12.9. The van der Waals surface area contributed by atoms with Crippen LogP contribution >= 0.6 is 0 Å². The van der Waals surface area contributed by atoms with Crippen LogP contribution in [-0.4, -0.2) is 59.6 Å². The topological polar surface area (TPSA) is 79.2 Å². The van der Waals surface area contributed by atoms with Gasteiger partial charge in [-0.05, 0) is 25.7 Å². The number of aliphatic hydroxyl groups is 3. The number of hydrogen-bond acceptors (Lipinski definition) is 5. The zero-order valence-electron chi connectivity index (χ0n) is 14.4. The normalized spacial score (nSPS) is 26.2. The first kappa shape index (κ1) is 20.6. The van der Waals surface area contributed by atoms with Crippen LogP contribution in [0, 0.1) is 0 Å². The van der Waals surface area contributed by atoms with Gasteiger partial charge in [-0.3, -0.25) is 0 Å². The minimum Gasteiger partial charge on any atom is -0.394 e. The molecule has 4 atom stereocenters. The lowest BCUT2D eigenvalue weighted by Crippen LogP contribution is -2.42. The van der Waals surface area contributed by atoms with Crippen molar-refractivity contribution in [2.45, 2.75) is 82.7 Å². The van der Waals surface area contributed by atoms with Gasteiger partial charge in [0, 0.05) is 6.61 Å². The second-order valence-corrected chi connectivity index (χ2v) is 6.27. The van der Waals surface area contributed by atoms with Crippen LogP contribution in [0.25, 0.3) is 0 Å².